The van der Waals surface area contributed by atoms with E-state index in [0.717, 1.165) is 10.8 Å². The maximum absolute atomic E-state index is 4.84. The van der Waals surface area contributed by atoms with Gasteiger partial charge in [-0.05, 0) is 17.1 Å². The predicted octanol–water partition coefficient (Wildman–Crippen LogP) is 4.46. The number of thioether (sulfide) groups is 1. The zero-order valence-corrected chi connectivity index (χ0v) is 12.8. The molecular weight excluding hydrogens is 296 g/mol. The van der Waals surface area contributed by atoms with E-state index < -0.39 is 0 Å². The van der Waals surface area contributed by atoms with E-state index in [2.05, 4.69) is 64.7 Å². The Hall–Kier alpha value is -1.91. The van der Waals surface area contributed by atoms with Crippen molar-refractivity contribution in [3.63, 3.8) is 0 Å². The fraction of sp³-hybridized carbons (Fsp3) is 0.0588. The number of thiazole rings is 1. The Morgan fingerprint density at radius 1 is 0.952 bits per heavy atom. The van der Waals surface area contributed by atoms with E-state index >= 15 is 0 Å². The molecule has 0 amide bonds. The zero-order chi connectivity index (χ0) is 14.1. The SMILES string of the molecule is c1ccc(SC2C(c3ccccc3)=Nc3scc[n+]32)cc1. The van der Waals surface area contributed by atoms with E-state index in [1.54, 1.807) is 11.3 Å². The molecule has 4 heteroatoms. The van der Waals surface area contributed by atoms with E-state index in [9.17, 15) is 0 Å². The van der Waals surface area contributed by atoms with Crippen molar-refractivity contribution in [3.8, 4) is 0 Å². The van der Waals surface area contributed by atoms with Gasteiger partial charge in [0.1, 0.15) is 6.20 Å². The highest BCUT2D eigenvalue weighted by Gasteiger charge is 2.38. The van der Waals surface area contributed by atoms with Crippen LogP contribution < -0.4 is 4.57 Å². The summed E-state index contributed by atoms with van der Waals surface area (Å²) < 4.78 is 2.25. The second-order valence-corrected chi connectivity index (χ2v) is 6.77. The molecule has 1 aliphatic heterocycles. The van der Waals surface area contributed by atoms with E-state index in [0.29, 0.717) is 0 Å². The number of fused-ring (bicyclic) bond motifs is 1. The molecule has 21 heavy (non-hydrogen) atoms. The molecule has 0 saturated carbocycles. The fourth-order valence-electron chi connectivity index (χ4n) is 2.39. The Balaban J connectivity index is 1.74. The fourth-order valence-corrected chi connectivity index (χ4v) is 4.37. The van der Waals surface area contributed by atoms with Gasteiger partial charge < -0.3 is 0 Å². The molecule has 1 aliphatic rings. The molecule has 0 fully saturated rings. The molecule has 0 aliphatic carbocycles. The number of hydrogen-bond acceptors (Lipinski definition) is 3. The molecule has 0 radical (unpaired) electrons. The molecule has 0 bridgehead atoms. The highest BCUT2D eigenvalue weighted by molar-refractivity contribution is 7.99. The number of aliphatic imine (C=N–C) groups is 1. The van der Waals surface area contributed by atoms with Crippen LogP contribution in [0, 0.1) is 0 Å². The molecule has 0 saturated heterocycles. The lowest BCUT2D eigenvalue weighted by Crippen LogP contribution is -2.36. The van der Waals surface area contributed by atoms with Crippen LogP contribution in [-0.4, -0.2) is 5.71 Å². The van der Waals surface area contributed by atoms with Crippen molar-refractivity contribution in [1.82, 2.24) is 0 Å². The maximum Gasteiger partial charge on any atom is 0.383 e. The van der Waals surface area contributed by atoms with E-state index in [1.165, 1.54) is 10.5 Å². The van der Waals surface area contributed by atoms with Crippen LogP contribution in [0.2, 0.25) is 0 Å². The van der Waals surface area contributed by atoms with Crippen molar-refractivity contribution in [2.75, 3.05) is 0 Å². The summed E-state index contributed by atoms with van der Waals surface area (Å²) >= 11 is 3.53. The average molecular weight is 309 g/mol. The molecule has 2 heterocycles. The summed E-state index contributed by atoms with van der Waals surface area (Å²) in [7, 11) is 0. The Labute approximate surface area is 131 Å². The van der Waals surface area contributed by atoms with Gasteiger partial charge in [0.15, 0.2) is 0 Å². The molecule has 2 nitrogen and oxygen atoms in total. The molecule has 4 rings (SSSR count). The standard InChI is InChI=1S/C17H13N2S2/c1-3-7-13(8-4-1)15-16(19-11-12-20-17(19)18-15)21-14-9-5-2-6-10-14/h1-12,16H/q+1. The second-order valence-electron chi connectivity index (χ2n) is 4.74. The van der Waals surface area contributed by atoms with Gasteiger partial charge in [0.25, 0.3) is 0 Å². The molecule has 102 valence electrons. The molecular formula is C17H13N2S2+. The minimum atomic E-state index is 0.205. The molecule has 1 atom stereocenters. The van der Waals surface area contributed by atoms with Gasteiger partial charge in [-0.15, -0.1) is 0 Å². The lowest BCUT2D eigenvalue weighted by atomic mass is 10.1. The van der Waals surface area contributed by atoms with Crippen LogP contribution in [0.3, 0.4) is 0 Å². The summed E-state index contributed by atoms with van der Waals surface area (Å²) in [5.41, 5.74) is 2.33. The van der Waals surface area contributed by atoms with E-state index in [1.807, 2.05) is 23.9 Å². The monoisotopic (exact) mass is 309 g/mol. The molecule has 3 aromatic rings. The van der Waals surface area contributed by atoms with Gasteiger partial charge >= 0.3 is 5.13 Å². The number of benzene rings is 2. The number of rotatable bonds is 3. The van der Waals surface area contributed by atoms with Gasteiger partial charge in [-0.1, -0.05) is 71.6 Å². The minimum absolute atomic E-state index is 0.205. The van der Waals surface area contributed by atoms with Crippen molar-refractivity contribution in [1.29, 1.82) is 0 Å². The quantitative estimate of drug-likeness (QED) is 0.652. The first-order valence-corrected chi connectivity index (χ1v) is 8.52. The van der Waals surface area contributed by atoms with Crippen LogP contribution >= 0.6 is 23.1 Å². The normalized spacial score (nSPS) is 16.6. The van der Waals surface area contributed by atoms with Crippen LogP contribution in [0.5, 0.6) is 0 Å². The highest BCUT2D eigenvalue weighted by atomic mass is 32.2. The first-order valence-electron chi connectivity index (χ1n) is 6.76. The third kappa shape index (κ3) is 2.41. The highest BCUT2D eigenvalue weighted by Crippen LogP contribution is 2.37. The third-order valence-electron chi connectivity index (χ3n) is 3.38. The Bertz CT molecular complexity index is 779. The number of aromatic nitrogens is 1. The summed E-state index contributed by atoms with van der Waals surface area (Å²) in [6, 6.07) is 21.0. The average Bonchev–Trinajstić information content (AvgIpc) is 3.12. The van der Waals surface area contributed by atoms with E-state index in [4.69, 9.17) is 4.99 Å². The van der Waals surface area contributed by atoms with Crippen molar-refractivity contribution in [3.05, 3.63) is 77.8 Å². The van der Waals surface area contributed by atoms with Gasteiger partial charge in [-0.3, -0.25) is 0 Å². The van der Waals surface area contributed by atoms with Crippen LogP contribution in [-0.2, 0) is 0 Å². The molecule has 1 unspecified atom stereocenters. The van der Waals surface area contributed by atoms with Gasteiger partial charge in [-0.2, -0.15) is 0 Å². The predicted molar refractivity (Wildman–Crippen MR) is 88.5 cm³/mol. The van der Waals surface area contributed by atoms with E-state index in [-0.39, 0.29) is 5.37 Å². The molecule has 0 spiro atoms. The Morgan fingerprint density at radius 3 is 2.43 bits per heavy atom. The van der Waals surface area contributed by atoms with Gasteiger partial charge in [0.2, 0.25) is 11.1 Å². The summed E-state index contributed by atoms with van der Waals surface area (Å²) in [5, 5.41) is 3.37. The Morgan fingerprint density at radius 2 is 1.67 bits per heavy atom. The van der Waals surface area contributed by atoms with Crippen LogP contribution in [0.25, 0.3) is 0 Å². The number of hydrogen-bond donors (Lipinski definition) is 0. The molecule has 2 aromatic carbocycles. The largest absolute Gasteiger partial charge is 0.383 e. The zero-order valence-electron chi connectivity index (χ0n) is 11.2. The minimum Gasteiger partial charge on any atom is -0.200 e. The first kappa shape index (κ1) is 12.8. The lowest BCUT2D eigenvalue weighted by Gasteiger charge is -2.09. The lowest BCUT2D eigenvalue weighted by molar-refractivity contribution is -0.662. The van der Waals surface area contributed by atoms with Crippen LogP contribution in [0.1, 0.15) is 10.9 Å². The summed E-state index contributed by atoms with van der Waals surface area (Å²) in [6.07, 6.45) is 2.13. The summed E-state index contributed by atoms with van der Waals surface area (Å²) in [6.45, 7) is 0. The van der Waals surface area contributed by atoms with Crippen molar-refractivity contribution in [2.45, 2.75) is 10.3 Å². The third-order valence-corrected chi connectivity index (χ3v) is 5.37. The van der Waals surface area contributed by atoms with Gasteiger partial charge in [0.05, 0.1) is 0 Å². The second kappa shape index (κ2) is 5.47. The van der Waals surface area contributed by atoms with Crippen molar-refractivity contribution in [2.24, 2.45) is 4.99 Å². The first-order chi connectivity index (χ1) is 10.4. The smallest absolute Gasteiger partial charge is 0.200 e. The Kier molecular flexibility index (Phi) is 3.33. The van der Waals surface area contributed by atoms with Crippen molar-refractivity contribution < 1.29 is 4.57 Å². The summed E-state index contributed by atoms with van der Waals surface area (Å²) in [5.74, 6) is 0. The molecule has 0 N–H and O–H groups in total. The van der Waals surface area contributed by atoms with Crippen LogP contribution in [0.15, 0.2) is 82.1 Å². The van der Waals surface area contributed by atoms with Crippen LogP contribution in [0.4, 0.5) is 5.13 Å². The van der Waals surface area contributed by atoms with Crippen molar-refractivity contribution >= 4 is 33.9 Å². The molecule has 1 aromatic heterocycles. The van der Waals surface area contributed by atoms with Gasteiger partial charge in [0, 0.05) is 15.8 Å². The number of nitrogens with zero attached hydrogens (tertiary/aromatic N) is 2. The topological polar surface area (TPSA) is 16.2 Å². The van der Waals surface area contributed by atoms with Gasteiger partial charge in [-0.25, -0.2) is 4.57 Å². The maximum atomic E-state index is 4.84. The summed E-state index contributed by atoms with van der Waals surface area (Å²) in [4.78, 5) is 6.10.